The molecule has 5 heteroatoms. The zero-order chi connectivity index (χ0) is 36.8. The molecule has 0 atom stereocenters. The summed E-state index contributed by atoms with van der Waals surface area (Å²) in [4.78, 5) is 2.32. The smallest absolute Gasteiger partial charge is 0.248 e. The fraction of sp³-hybridized carbons (Fsp3) is 0.102. The minimum absolute atomic E-state index is 0.212. The second-order valence-electron chi connectivity index (χ2n) is 14.0. The lowest BCUT2D eigenvalue weighted by Crippen LogP contribution is -2.17. The van der Waals surface area contributed by atoms with Gasteiger partial charge in [0.15, 0.2) is 0 Å². The molecule has 10 rings (SSSR count). The highest BCUT2D eigenvalue weighted by molar-refractivity contribution is 6.09. The molecular weight excluding hydrogens is 661 g/mol. The van der Waals surface area contributed by atoms with Crippen molar-refractivity contribution in [3.8, 4) is 39.7 Å². The van der Waals surface area contributed by atoms with Crippen LogP contribution in [0.2, 0.25) is 0 Å². The summed E-state index contributed by atoms with van der Waals surface area (Å²) < 4.78 is 8.48. The van der Waals surface area contributed by atoms with Gasteiger partial charge in [0.2, 0.25) is 11.8 Å². The van der Waals surface area contributed by atoms with E-state index in [1.807, 2.05) is 44.2 Å². The molecule has 5 nitrogen and oxygen atoms in total. The summed E-state index contributed by atoms with van der Waals surface area (Å²) in [6.45, 7) is 8.71. The number of hydrogen-bond acceptors (Lipinski definition) is 4. The van der Waals surface area contributed by atoms with Crippen LogP contribution in [0.25, 0.3) is 61.5 Å². The molecule has 0 N–H and O–H groups in total. The summed E-state index contributed by atoms with van der Waals surface area (Å²) >= 11 is 0. The predicted molar refractivity (Wildman–Crippen MR) is 223 cm³/mol. The van der Waals surface area contributed by atoms with E-state index in [-0.39, 0.29) is 5.41 Å². The van der Waals surface area contributed by atoms with E-state index < -0.39 is 0 Å². The molecule has 0 spiro atoms. The summed E-state index contributed by atoms with van der Waals surface area (Å²) in [6.07, 6.45) is 0. The summed E-state index contributed by atoms with van der Waals surface area (Å²) in [5.41, 5.74) is 13.6. The Balaban J connectivity index is 0.00000189. The Morgan fingerprint density at radius 1 is 0.481 bits per heavy atom. The molecule has 0 bridgehead atoms. The van der Waals surface area contributed by atoms with E-state index in [2.05, 4.69) is 173 Å². The van der Waals surface area contributed by atoms with Crippen LogP contribution in [0.5, 0.6) is 0 Å². The first kappa shape index (κ1) is 33.1. The standard InChI is InChI=1S/C47H34N4O.C2H6/c1-47(2)41-29-35(25-27-37(41)38-28-26-36(30-42(38)47)51-43-19-11-9-17-39(43)40-18-10-12-20-44(40)51)50(33-15-7-4-8-16-33)34-23-21-32(22-24-34)46-49-48-45(52-46)31-13-5-3-6-14-31;1-2/h3-30H,1-2H3;1-2H3. The van der Waals surface area contributed by atoms with E-state index in [1.165, 1.54) is 49.7 Å². The van der Waals surface area contributed by atoms with Gasteiger partial charge < -0.3 is 13.9 Å². The van der Waals surface area contributed by atoms with Crippen molar-refractivity contribution in [3.05, 3.63) is 181 Å². The van der Waals surface area contributed by atoms with Gasteiger partial charge in [-0.05, 0) is 107 Å². The van der Waals surface area contributed by atoms with Crippen LogP contribution in [0.15, 0.2) is 174 Å². The van der Waals surface area contributed by atoms with Crippen molar-refractivity contribution in [2.75, 3.05) is 4.90 Å². The minimum Gasteiger partial charge on any atom is -0.416 e. The van der Waals surface area contributed by atoms with Gasteiger partial charge in [0, 0.05) is 50.1 Å². The Hall–Kier alpha value is -6.72. The Bertz CT molecular complexity index is 2710. The predicted octanol–water partition coefficient (Wildman–Crippen LogP) is 13.3. The van der Waals surface area contributed by atoms with Gasteiger partial charge in [-0.25, -0.2) is 0 Å². The van der Waals surface area contributed by atoms with Gasteiger partial charge >= 0.3 is 0 Å². The molecule has 1 aliphatic carbocycles. The van der Waals surface area contributed by atoms with Crippen molar-refractivity contribution < 1.29 is 4.42 Å². The zero-order valence-corrected chi connectivity index (χ0v) is 30.9. The minimum atomic E-state index is -0.212. The number of fused-ring (bicyclic) bond motifs is 6. The first-order valence-electron chi connectivity index (χ1n) is 18.7. The first-order chi connectivity index (χ1) is 26.5. The number of aromatic nitrogens is 3. The van der Waals surface area contributed by atoms with E-state index in [0.29, 0.717) is 11.8 Å². The molecule has 0 aliphatic heterocycles. The zero-order valence-electron chi connectivity index (χ0n) is 30.9. The average molecular weight is 701 g/mol. The molecule has 0 amide bonds. The summed E-state index contributed by atoms with van der Waals surface area (Å²) in [6, 6.07) is 60.1. The summed E-state index contributed by atoms with van der Waals surface area (Å²) in [7, 11) is 0. The third kappa shape index (κ3) is 5.40. The molecule has 2 heterocycles. The fourth-order valence-electron chi connectivity index (χ4n) is 8.01. The number of para-hydroxylation sites is 3. The summed E-state index contributed by atoms with van der Waals surface area (Å²) in [5, 5.41) is 11.2. The average Bonchev–Trinajstić information content (AvgIpc) is 3.92. The van der Waals surface area contributed by atoms with Crippen LogP contribution in [0, 0.1) is 0 Å². The van der Waals surface area contributed by atoms with Gasteiger partial charge in [-0.2, -0.15) is 0 Å². The van der Waals surface area contributed by atoms with Crippen LogP contribution >= 0.6 is 0 Å². The van der Waals surface area contributed by atoms with E-state index >= 15 is 0 Å². The highest BCUT2D eigenvalue weighted by Gasteiger charge is 2.36. The maximum absolute atomic E-state index is 6.07. The van der Waals surface area contributed by atoms with Crippen molar-refractivity contribution >= 4 is 38.9 Å². The van der Waals surface area contributed by atoms with Crippen molar-refractivity contribution in [2.45, 2.75) is 33.1 Å². The maximum Gasteiger partial charge on any atom is 0.248 e. The highest BCUT2D eigenvalue weighted by Crippen LogP contribution is 2.51. The molecule has 9 aromatic rings. The molecule has 54 heavy (non-hydrogen) atoms. The Morgan fingerprint density at radius 2 is 0.963 bits per heavy atom. The number of anilines is 3. The molecule has 0 saturated carbocycles. The third-order valence-electron chi connectivity index (χ3n) is 10.6. The second-order valence-corrected chi connectivity index (χ2v) is 14.0. The van der Waals surface area contributed by atoms with E-state index in [9.17, 15) is 0 Å². The Labute approximate surface area is 315 Å². The van der Waals surface area contributed by atoms with Gasteiger partial charge in [0.1, 0.15) is 0 Å². The quantitative estimate of drug-likeness (QED) is 0.173. The maximum atomic E-state index is 6.07. The van der Waals surface area contributed by atoms with E-state index in [4.69, 9.17) is 4.42 Å². The SMILES string of the molecule is CC.CC1(C)c2cc(N(c3ccccc3)c3ccc(-c4nnc(-c5ccccc5)o4)cc3)ccc2-c2ccc(-n3c4ccccc4c4ccccc43)cc21. The van der Waals surface area contributed by atoms with Crippen LogP contribution in [0.3, 0.4) is 0 Å². The van der Waals surface area contributed by atoms with Crippen LogP contribution in [0.4, 0.5) is 17.1 Å². The molecule has 0 unspecified atom stereocenters. The van der Waals surface area contributed by atoms with E-state index in [0.717, 1.165) is 28.2 Å². The van der Waals surface area contributed by atoms with Gasteiger partial charge in [-0.3, -0.25) is 0 Å². The van der Waals surface area contributed by atoms with Crippen molar-refractivity contribution in [1.29, 1.82) is 0 Å². The normalized spacial score (nSPS) is 12.6. The number of hydrogen-bond donors (Lipinski definition) is 0. The Kier molecular flexibility index (Phi) is 8.20. The van der Waals surface area contributed by atoms with E-state index in [1.54, 1.807) is 0 Å². The second kappa shape index (κ2) is 13.4. The molecule has 0 radical (unpaired) electrons. The monoisotopic (exact) mass is 700 g/mol. The van der Waals surface area contributed by atoms with Crippen LogP contribution in [0.1, 0.15) is 38.8 Å². The van der Waals surface area contributed by atoms with Crippen molar-refractivity contribution in [1.82, 2.24) is 14.8 Å². The molecule has 7 aromatic carbocycles. The lowest BCUT2D eigenvalue weighted by Gasteiger charge is -2.28. The lowest BCUT2D eigenvalue weighted by atomic mass is 9.82. The third-order valence-corrected chi connectivity index (χ3v) is 10.6. The van der Waals surface area contributed by atoms with Crippen molar-refractivity contribution in [3.63, 3.8) is 0 Å². The molecule has 0 saturated heterocycles. The molecule has 0 fully saturated rings. The molecule has 1 aliphatic rings. The number of rotatable bonds is 6. The van der Waals surface area contributed by atoms with Gasteiger partial charge in [0.25, 0.3) is 0 Å². The van der Waals surface area contributed by atoms with Crippen LogP contribution < -0.4 is 4.90 Å². The largest absolute Gasteiger partial charge is 0.416 e. The topological polar surface area (TPSA) is 47.1 Å². The number of nitrogens with zero attached hydrogens (tertiary/aromatic N) is 4. The van der Waals surface area contributed by atoms with Crippen LogP contribution in [-0.4, -0.2) is 14.8 Å². The fourth-order valence-corrected chi connectivity index (χ4v) is 8.01. The lowest BCUT2D eigenvalue weighted by molar-refractivity contribution is 0.584. The summed E-state index contributed by atoms with van der Waals surface area (Å²) in [5.74, 6) is 1.00. The van der Waals surface area contributed by atoms with Crippen molar-refractivity contribution in [2.24, 2.45) is 0 Å². The van der Waals surface area contributed by atoms with Gasteiger partial charge in [-0.15, -0.1) is 10.2 Å². The van der Waals surface area contributed by atoms with Gasteiger partial charge in [0.05, 0.1) is 11.0 Å². The molecule has 2 aromatic heterocycles. The molecular formula is C49H40N4O. The van der Waals surface area contributed by atoms with Gasteiger partial charge in [-0.1, -0.05) is 113 Å². The molecule has 262 valence electrons. The first-order valence-corrected chi connectivity index (χ1v) is 18.7. The highest BCUT2D eigenvalue weighted by atomic mass is 16.4. The van der Waals surface area contributed by atoms with Crippen LogP contribution in [-0.2, 0) is 5.41 Å². The number of benzene rings is 7. The Morgan fingerprint density at radius 3 is 1.59 bits per heavy atom.